The van der Waals surface area contributed by atoms with Gasteiger partial charge in [-0.15, -0.1) is 0 Å². The first-order valence-corrected chi connectivity index (χ1v) is 9.18. The van der Waals surface area contributed by atoms with E-state index in [1.807, 2.05) is 13.8 Å². The van der Waals surface area contributed by atoms with E-state index >= 15 is 0 Å². The van der Waals surface area contributed by atoms with Crippen molar-refractivity contribution in [2.45, 2.75) is 37.3 Å². The van der Waals surface area contributed by atoms with Crippen LogP contribution in [0.1, 0.15) is 25.0 Å². The third-order valence-electron chi connectivity index (χ3n) is 3.69. The van der Waals surface area contributed by atoms with Gasteiger partial charge in [-0.2, -0.15) is 16.1 Å². The van der Waals surface area contributed by atoms with Gasteiger partial charge in [0, 0.05) is 23.6 Å². The highest BCUT2D eigenvalue weighted by molar-refractivity contribution is 8.00. The fourth-order valence-electron chi connectivity index (χ4n) is 2.63. The molecule has 1 aromatic carbocycles. The molecule has 1 aliphatic heterocycles. The highest BCUT2D eigenvalue weighted by Gasteiger charge is 2.36. The number of hydrogen-bond donors (Lipinski definition) is 1. The van der Waals surface area contributed by atoms with Crippen molar-refractivity contribution in [3.8, 4) is 0 Å². The maximum absolute atomic E-state index is 13.6. The van der Waals surface area contributed by atoms with Gasteiger partial charge < -0.3 is 5.73 Å². The molecule has 7 heteroatoms. The number of aryl methyl sites for hydroxylation is 1. The van der Waals surface area contributed by atoms with Gasteiger partial charge in [-0.3, -0.25) is 0 Å². The maximum Gasteiger partial charge on any atom is 0.243 e. The summed E-state index contributed by atoms with van der Waals surface area (Å²) in [5.74, 6) is 0.180. The number of benzene rings is 1. The zero-order valence-corrected chi connectivity index (χ0v) is 14.4. The fourth-order valence-corrected chi connectivity index (χ4v) is 5.99. The molecule has 0 radical (unpaired) electrons. The second kappa shape index (κ2) is 5.44. The Labute approximate surface area is 129 Å². The lowest BCUT2D eigenvalue weighted by molar-refractivity contribution is 0.387. The van der Waals surface area contributed by atoms with Crippen LogP contribution in [0.2, 0.25) is 0 Å². The minimum Gasteiger partial charge on any atom is -0.396 e. The van der Waals surface area contributed by atoms with Crippen molar-refractivity contribution in [3.63, 3.8) is 0 Å². The second-order valence-corrected chi connectivity index (χ2v) is 9.67. The van der Waals surface area contributed by atoms with Crippen molar-refractivity contribution in [3.05, 3.63) is 23.0 Å². The largest absolute Gasteiger partial charge is 0.396 e. The molecule has 0 amide bonds. The molecule has 4 nitrogen and oxygen atoms in total. The number of nitrogens with two attached hydrogens (primary N) is 1. The van der Waals surface area contributed by atoms with Crippen LogP contribution < -0.4 is 5.73 Å². The summed E-state index contributed by atoms with van der Waals surface area (Å²) in [4.78, 5) is 0.143. The van der Waals surface area contributed by atoms with Crippen LogP contribution >= 0.6 is 11.8 Å². The third kappa shape index (κ3) is 3.05. The number of anilines is 1. The normalized spacial score (nSPS) is 19.7. The summed E-state index contributed by atoms with van der Waals surface area (Å²) in [6, 6.07) is 1.19. The van der Waals surface area contributed by atoms with Crippen LogP contribution in [0.4, 0.5) is 10.1 Å². The number of sulfonamides is 1. The molecular formula is C14H21FN2O2S2. The molecule has 118 valence electrons. The van der Waals surface area contributed by atoms with Gasteiger partial charge >= 0.3 is 0 Å². The van der Waals surface area contributed by atoms with E-state index in [9.17, 15) is 12.8 Å². The van der Waals surface area contributed by atoms with E-state index < -0.39 is 15.8 Å². The number of halogens is 1. The minimum absolute atomic E-state index is 0.0928. The van der Waals surface area contributed by atoms with Crippen molar-refractivity contribution < 1.29 is 12.8 Å². The molecule has 0 unspecified atom stereocenters. The monoisotopic (exact) mass is 332 g/mol. The van der Waals surface area contributed by atoms with Crippen LogP contribution in [-0.4, -0.2) is 36.3 Å². The van der Waals surface area contributed by atoms with Crippen LogP contribution in [0.3, 0.4) is 0 Å². The highest BCUT2D eigenvalue weighted by atomic mass is 32.2. The molecule has 1 saturated heterocycles. The number of hydrogen-bond acceptors (Lipinski definition) is 4. The smallest absolute Gasteiger partial charge is 0.243 e. The first-order valence-electron chi connectivity index (χ1n) is 6.75. The molecular weight excluding hydrogens is 311 g/mol. The molecule has 0 bridgehead atoms. The van der Waals surface area contributed by atoms with Crippen LogP contribution in [0.25, 0.3) is 0 Å². The Kier molecular flexibility index (Phi) is 4.30. The molecule has 1 heterocycles. The van der Waals surface area contributed by atoms with E-state index in [0.717, 1.165) is 5.75 Å². The van der Waals surface area contributed by atoms with Gasteiger partial charge in [0.25, 0.3) is 0 Å². The zero-order chi connectivity index (χ0) is 16.0. The third-order valence-corrected chi connectivity index (χ3v) is 7.12. The number of nitrogen functional groups attached to an aromatic ring is 1. The molecule has 0 atom stereocenters. The summed E-state index contributed by atoms with van der Waals surface area (Å²) in [6.45, 7) is 8.12. The molecule has 2 N–H and O–H groups in total. The molecule has 0 aromatic heterocycles. The Morgan fingerprint density at radius 2 is 2.00 bits per heavy atom. The van der Waals surface area contributed by atoms with Gasteiger partial charge in [0.05, 0.1) is 10.6 Å². The molecule has 1 fully saturated rings. The molecule has 0 spiro atoms. The number of nitrogens with zero attached hydrogens (tertiary/aromatic N) is 1. The molecule has 2 rings (SSSR count). The SMILES string of the molecule is Cc1cc(F)c(N)c(C)c1S(=O)(=O)N1CCSC(C)(C)C1. The number of thioether (sulfide) groups is 1. The van der Waals surface area contributed by atoms with Crippen molar-refractivity contribution in [2.24, 2.45) is 0 Å². The van der Waals surface area contributed by atoms with Gasteiger partial charge in [-0.1, -0.05) is 0 Å². The van der Waals surface area contributed by atoms with Gasteiger partial charge in [0.15, 0.2) is 0 Å². The lowest BCUT2D eigenvalue weighted by Gasteiger charge is -2.37. The van der Waals surface area contributed by atoms with E-state index in [-0.39, 0.29) is 15.3 Å². The Morgan fingerprint density at radius 3 is 2.57 bits per heavy atom. The summed E-state index contributed by atoms with van der Waals surface area (Å²) in [5.41, 5.74) is 6.27. The average molecular weight is 332 g/mol. The molecule has 0 saturated carbocycles. The van der Waals surface area contributed by atoms with Gasteiger partial charge in [-0.05, 0) is 44.9 Å². The summed E-state index contributed by atoms with van der Waals surface area (Å²) in [5, 5.41) is 0. The Morgan fingerprint density at radius 1 is 1.38 bits per heavy atom. The van der Waals surface area contributed by atoms with E-state index in [2.05, 4.69) is 0 Å². The van der Waals surface area contributed by atoms with Gasteiger partial charge in [0.2, 0.25) is 10.0 Å². The summed E-state index contributed by atoms with van der Waals surface area (Å²) < 4.78 is 40.8. The fraction of sp³-hybridized carbons (Fsp3) is 0.571. The van der Waals surface area contributed by atoms with Crippen LogP contribution in [0.5, 0.6) is 0 Å². The molecule has 1 aromatic rings. The maximum atomic E-state index is 13.6. The Bertz CT molecular complexity index is 672. The lowest BCUT2D eigenvalue weighted by atomic mass is 10.1. The van der Waals surface area contributed by atoms with Crippen molar-refractivity contribution in [2.75, 3.05) is 24.6 Å². The quantitative estimate of drug-likeness (QED) is 0.846. The van der Waals surface area contributed by atoms with Crippen LogP contribution in [-0.2, 0) is 10.0 Å². The Hall–Kier alpha value is -0.790. The Balaban J connectivity index is 2.53. The first-order chi connectivity index (χ1) is 9.56. The molecule has 0 aliphatic carbocycles. The van der Waals surface area contributed by atoms with Crippen LogP contribution in [0.15, 0.2) is 11.0 Å². The summed E-state index contributed by atoms with van der Waals surface area (Å²) >= 11 is 1.76. The minimum atomic E-state index is -3.66. The summed E-state index contributed by atoms with van der Waals surface area (Å²) in [6.07, 6.45) is 0. The van der Waals surface area contributed by atoms with Crippen LogP contribution in [0, 0.1) is 19.7 Å². The van der Waals surface area contributed by atoms with E-state index in [1.54, 1.807) is 25.6 Å². The first kappa shape index (κ1) is 16.6. The summed E-state index contributed by atoms with van der Waals surface area (Å²) in [7, 11) is -3.66. The van der Waals surface area contributed by atoms with Crippen molar-refractivity contribution in [1.29, 1.82) is 0 Å². The van der Waals surface area contributed by atoms with E-state index in [4.69, 9.17) is 5.73 Å². The van der Waals surface area contributed by atoms with Gasteiger partial charge in [0.1, 0.15) is 5.82 Å². The van der Waals surface area contributed by atoms with E-state index in [0.29, 0.717) is 24.2 Å². The lowest BCUT2D eigenvalue weighted by Crippen LogP contribution is -2.46. The highest BCUT2D eigenvalue weighted by Crippen LogP contribution is 2.35. The zero-order valence-electron chi connectivity index (χ0n) is 12.7. The molecule has 21 heavy (non-hydrogen) atoms. The second-order valence-electron chi connectivity index (χ2n) is 5.99. The molecule has 1 aliphatic rings. The van der Waals surface area contributed by atoms with Crippen molar-refractivity contribution in [1.82, 2.24) is 4.31 Å². The number of rotatable bonds is 2. The van der Waals surface area contributed by atoms with E-state index in [1.165, 1.54) is 10.4 Å². The van der Waals surface area contributed by atoms with Gasteiger partial charge in [-0.25, -0.2) is 12.8 Å². The predicted octanol–water partition coefficient (Wildman–Crippen LogP) is 2.54. The van der Waals surface area contributed by atoms with Crippen molar-refractivity contribution >= 4 is 27.5 Å². The average Bonchev–Trinajstić information content (AvgIpc) is 2.34. The predicted molar refractivity (Wildman–Crippen MR) is 85.6 cm³/mol. The standard InChI is InChI=1S/C14H21FN2O2S2/c1-9-7-11(15)12(16)10(2)13(9)21(18,19)17-5-6-20-14(3,4)8-17/h7H,5-6,8,16H2,1-4H3. The topological polar surface area (TPSA) is 63.4 Å².